The van der Waals surface area contributed by atoms with Crippen molar-refractivity contribution in [3.05, 3.63) is 46.2 Å². The predicted octanol–water partition coefficient (Wildman–Crippen LogP) is 3.56. The summed E-state index contributed by atoms with van der Waals surface area (Å²) >= 11 is 1.83. The maximum absolute atomic E-state index is 12.4. The second-order valence-corrected chi connectivity index (χ2v) is 8.28. The van der Waals surface area contributed by atoms with E-state index < -0.39 is 0 Å². The highest BCUT2D eigenvalue weighted by Crippen LogP contribution is 2.32. The van der Waals surface area contributed by atoms with Gasteiger partial charge < -0.3 is 15.5 Å². The fourth-order valence-corrected chi connectivity index (χ4v) is 4.36. The molecule has 2 amide bonds. The summed E-state index contributed by atoms with van der Waals surface area (Å²) in [5.74, 6) is 0.356. The van der Waals surface area contributed by atoms with E-state index in [2.05, 4.69) is 33.0 Å². The fourth-order valence-electron chi connectivity index (χ4n) is 3.47. The van der Waals surface area contributed by atoms with Gasteiger partial charge >= 0.3 is 0 Å². The molecule has 4 rings (SSSR count). The molecule has 2 aliphatic rings. The molecule has 1 aliphatic carbocycles. The molecule has 1 fully saturated rings. The maximum Gasteiger partial charge on any atom is 0.224 e. The number of hydrogen-bond donors (Lipinski definition) is 2. The van der Waals surface area contributed by atoms with Crippen molar-refractivity contribution in [3.63, 3.8) is 0 Å². The van der Waals surface area contributed by atoms with Crippen LogP contribution in [0, 0.1) is 5.92 Å². The van der Waals surface area contributed by atoms with Crippen molar-refractivity contribution < 1.29 is 9.59 Å². The van der Waals surface area contributed by atoms with Crippen LogP contribution in [-0.2, 0) is 22.6 Å². The lowest BCUT2D eigenvalue weighted by molar-refractivity contribution is -0.122. The van der Waals surface area contributed by atoms with Crippen LogP contribution in [0.1, 0.15) is 36.1 Å². The Hall–Kier alpha value is -2.34. The van der Waals surface area contributed by atoms with Crippen LogP contribution in [0.15, 0.2) is 35.7 Å². The number of para-hydroxylation sites is 2. The van der Waals surface area contributed by atoms with Crippen LogP contribution in [-0.4, -0.2) is 24.9 Å². The van der Waals surface area contributed by atoms with E-state index in [1.165, 1.54) is 10.4 Å². The van der Waals surface area contributed by atoms with Gasteiger partial charge in [0.05, 0.1) is 11.4 Å². The van der Waals surface area contributed by atoms with Gasteiger partial charge in [-0.2, -0.15) is 0 Å². The molecule has 5 nitrogen and oxygen atoms in total. The lowest BCUT2D eigenvalue weighted by Gasteiger charge is -2.30. The van der Waals surface area contributed by atoms with Gasteiger partial charge in [0.1, 0.15) is 0 Å². The van der Waals surface area contributed by atoms with Gasteiger partial charge in [-0.15, -0.1) is 11.3 Å². The maximum atomic E-state index is 12.4. The fraction of sp³-hybridized carbons (Fsp3) is 0.429. The summed E-state index contributed by atoms with van der Waals surface area (Å²) in [5.41, 5.74) is 3.33. The third-order valence-corrected chi connectivity index (χ3v) is 6.18. The highest BCUT2D eigenvalue weighted by Gasteiger charge is 2.29. The lowest BCUT2D eigenvalue weighted by Crippen LogP contribution is -2.30. The Bertz CT molecular complexity index is 828. The molecule has 142 valence electrons. The number of nitrogens with zero attached hydrogens (tertiary/aromatic N) is 1. The molecule has 2 aromatic rings. The minimum atomic E-state index is -0.00338. The normalized spacial score (nSPS) is 15.9. The average molecular weight is 384 g/mol. The molecular weight excluding hydrogens is 358 g/mol. The Kier molecular flexibility index (Phi) is 5.43. The number of anilines is 2. The van der Waals surface area contributed by atoms with Gasteiger partial charge in [0.15, 0.2) is 0 Å². The van der Waals surface area contributed by atoms with Crippen molar-refractivity contribution >= 4 is 34.5 Å². The predicted molar refractivity (Wildman–Crippen MR) is 109 cm³/mol. The molecule has 2 N–H and O–H groups in total. The van der Waals surface area contributed by atoms with E-state index in [1.807, 2.05) is 29.5 Å². The molecule has 2 heterocycles. The Morgan fingerprint density at radius 1 is 1.19 bits per heavy atom. The summed E-state index contributed by atoms with van der Waals surface area (Å²) in [7, 11) is 0. The first kappa shape index (κ1) is 18.0. The zero-order valence-electron chi connectivity index (χ0n) is 15.4. The van der Waals surface area contributed by atoms with Crippen LogP contribution in [0.25, 0.3) is 0 Å². The van der Waals surface area contributed by atoms with Gasteiger partial charge in [-0.25, -0.2) is 0 Å². The molecule has 1 saturated carbocycles. The molecule has 1 aromatic heterocycles. The topological polar surface area (TPSA) is 61.4 Å². The van der Waals surface area contributed by atoms with Crippen molar-refractivity contribution in [2.24, 2.45) is 5.92 Å². The first-order valence-electron chi connectivity index (χ1n) is 9.67. The summed E-state index contributed by atoms with van der Waals surface area (Å²) in [5, 5.41) is 8.12. The van der Waals surface area contributed by atoms with Gasteiger partial charge in [-0.05, 0) is 54.8 Å². The Morgan fingerprint density at radius 3 is 2.89 bits per heavy atom. The van der Waals surface area contributed by atoms with Gasteiger partial charge in [0.25, 0.3) is 0 Å². The standard InChI is InChI=1S/C21H25N3O2S/c25-20(6-3-11-22-21(26)15-7-8-15)23-17-4-1-2-5-18(17)24-12-9-19-16(14-24)10-13-27-19/h1-2,4-5,10,13,15H,3,6-9,11-12,14H2,(H,22,26)(H,23,25). The van der Waals surface area contributed by atoms with E-state index in [4.69, 9.17) is 0 Å². The molecule has 1 aliphatic heterocycles. The Labute approximate surface area is 163 Å². The number of carbonyl (C=O) groups is 2. The molecule has 6 heteroatoms. The summed E-state index contributed by atoms with van der Waals surface area (Å²) < 4.78 is 0. The molecule has 27 heavy (non-hydrogen) atoms. The van der Waals surface area contributed by atoms with Crippen LogP contribution < -0.4 is 15.5 Å². The highest BCUT2D eigenvalue weighted by molar-refractivity contribution is 7.10. The summed E-state index contributed by atoms with van der Waals surface area (Å²) in [6, 6.07) is 10.2. The third-order valence-electron chi connectivity index (χ3n) is 5.15. The summed E-state index contributed by atoms with van der Waals surface area (Å²) in [6.07, 6.45) is 4.14. The van der Waals surface area contributed by atoms with Gasteiger partial charge in [0.2, 0.25) is 11.8 Å². The quantitative estimate of drug-likeness (QED) is 0.719. The molecule has 0 bridgehead atoms. The summed E-state index contributed by atoms with van der Waals surface area (Å²) in [6.45, 7) is 2.42. The second-order valence-electron chi connectivity index (χ2n) is 7.27. The number of thiophene rings is 1. The van der Waals surface area contributed by atoms with Crippen molar-refractivity contribution in [3.8, 4) is 0 Å². The number of nitrogens with one attached hydrogen (secondary N) is 2. The largest absolute Gasteiger partial charge is 0.365 e. The Morgan fingerprint density at radius 2 is 2.04 bits per heavy atom. The SMILES string of the molecule is O=C(CCCNC(=O)C1CC1)Nc1ccccc1N1CCc2sccc2C1. The van der Waals surface area contributed by atoms with Gasteiger partial charge in [-0.1, -0.05) is 12.1 Å². The number of amides is 2. The van der Waals surface area contributed by atoms with E-state index in [0.29, 0.717) is 19.4 Å². The molecule has 0 radical (unpaired) electrons. The molecule has 0 saturated heterocycles. The molecule has 0 unspecified atom stereocenters. The van der Waals surface area contributed by atoms with Crippen LogP contribution in [0.5, 0.6) is 0 Å². The van der Waals surface area contributed by atoms with Crippen LogP contribution in [0.2, 0.25) is 0 Å². The Balaban J connectivity index is 1.31. The van der Waals surface area contributed by atoms with Crippen LogP contribution >= 0.6 is 11.3 Å². The van der Waals surface area contributed by atoms with E-state index in [0.717, 1.165) is 43.7 Å². The van der Waals surface area contributed by atoms with Gasteiger partial charge in [-0.3, -0.25) is 9.59 Å². The monoisotopic (exact) mass is 383 g/mol. The van der Waals surface area contributed by atoms with Crippen molar-refractivity contribution in [2.75, 3.05) is 23.3 Å². The number of hydrogen-bond acceptors (Lipinski definition) is 4. The zero-order chi connectivity index (χ0) is 18.6. The van der Waals surface area contributed by atoms with E-state index in [-0.39, 0.29) is 17.7 Å². The number of carbonyl (C=O) groups excluding carboxylic acids is 2. The molecule has 0 atom stereocenters. The first-order chi connectivity index (χ1) is 13.2. The minimum Gasteiger partial charge on any atom is -0.365 e. The average Bonchev–Trinajstić information content (AvgIpc) is 3.43. The lowest BCUT2D eigenvalue weighted by atomic mass is 10.1. The first-order valence-corrected chi connectivity index (χ1v) is 10.6. The number of rotatable bonds is 7. The van der Waals surface area contributed by atoms with Gasteiger partial charge in [0, 0.05) is 36.9 Å². The van der Waals surface area contributed by atoms with E-state index >= 15 is 0 Å². The third kappa shape index (κ3) is 4.50. The smallest absolute Gasteiger partial charge is 0.224 e. The number of fused-ring (bicyclic) bond motifs is 1. The zero-order valence-corrected chi connectivity index (χ0v) is 16.2. The number of benzene rings is 1. The minimum absolute atomic E-state index is 0.00338. The van der Waals surface area contributed by atoms with E-state index in [1.54, 1.807) is 0 Å². The van der Waals surface area contributed by atoms with Crippen LogP contribution in [0.3, 0.4) is 0 Å². The highest BCUT2D eigenvalue weighted by atomic mass is 32.1. The van der Waals surface area contributed by atoms with Crippen LogP contribution in [0.4, 0.5) is 11.4 Å². The van der Waals surface area contributed by atoms with Crippen molar-refractivity contribution in [1.29, 1.82) is 0 Å². The summed E-state index contributed by atoms with van der Waals surface area (Å²) in [4.78, 5) is 27.8. The molecular formula is C21H25N3O2S. The van der Waals surface area contributed by atoms with Crippen molar-refractivity contribution in [1.82, 2.24) is 5.32 Å². The van der Waals surface area contributed by atoms with Crippen molar-refractivity contribution in [2.45, 2.75) is 38.6 Å². The second kappa shape index (κ2) is 8.13. The molecule has 0 spiro atoms. The van der Waals surface area contributed by atoms with E-state index in [9.17, 15) is 9.59 Å². The molecule has 1 aromatic carbocycles.